The van der Waals surface area contributed by atoms with E-state index in [-0.39, 0.29) is 0 Å². The van der Waals surface area contributed by atoms with Gasteiger partial charge < -0.3 is 5.32 Å². The zero-order valence-corrected chi connectivity index (χ0v) is 12.3. The Balaban J connectivity index is 1.50. The SMILES string of the molecule is Cc1nn(C)c2ncc(CNC3CC4CCC3C4)cc12. The predicted molar refractivity (Wildman–Crippen MR) is 79.3 cm³/mol. The molecule has 4 nitrogen and oxygen atoms in total. The fourth-order valence-corrected chi connectivity index (χ4v) is 4.19. The Hall–Kier alpha value is -1.42. The fraction of sp³-hybridized carbons (Fsp3) is 0.625. The van der Waals surface area contributed by atoms with E-state index < -0.39 is 0 Å². The average molecular weight is 270 g/mol. The van der Waals surface area contributed by atoms with Crippen LogP contribution in [0, 0.1) is 18.8 Å². The van der Waals surface area contributed by atoms with Crippen LogP contribution in [0.4, 0.5) is 0 Å². The van der Waals surface area contributed by atoms with Crippen LogP contribution in [-0.2, 0) is 13.6 Å². The van der Waals surface area contributed by atoms with Gasteiger partial charge in [0.1, 0.15) is 0 Å². The molecule has 4 rings (SSSR count). The van der Waals surface area contributed by atoms with Crippen LogP contribution in [0.5, 0.6) is 0 Å². The first kappa shape index (κ1) is 12.3. The molecule has 2 aliphatic carbocycles. The standard InChI is InChI=1S/C16H22N4/c1-10-14-6-12(9-18-16(14)20(2)19-10)8-17-15-7-11-3-4-13(15)5-11/h6,9,11,13,15,17H,3-5,7-8H2,1-2H3. The van der Waals surface area contributed by atoms with E-state index in [9.17, 15) is 0 Å². The third-order valence-electron chi connectivity index (χ3n) is 5.23. The van der Waals surface area contributed by atoms with Gasteiger partial charge in [-0.15, -0.1) is 0 Å². The van der Waals surface area contributed by atoms with Crippen LogP contribution in [0.15, 0.2) is 12.3 Å². The highest BCUT2D eigenvalue weighted by Gasteiger charge is 2.38. The number of aromatic nitrogens is 3. The van der Waals surface area contributed by atoms with Crippen LogP contribution in [-0.4, -0.2) is 20.8 Å². The number of aryl methyl sites for hydroxylation is 2. The summed E-state index contributed by atoms with van der Waals surface area (Å²) in [5, 5.41) is 9.37. The molecule has 3 unspecified atom stereocenters. The van der Waals surface area contributed by atoms with Crippen LogP contribution in [0.3, 0.4) is 0 Å². The lowest BCUT2D eigenvalue weighted by atomic mass is 9.95. The molecule has 0 aliphatic heterocycles. The highest BCUT2D eigenvalue weighted by molar-refractivity contribution is 5.78. The molecule has 20 heavy (non-hydrogen) atoms. The summed E-state index contributed by atoms with van der Waals surface area (Å²) >= 11 is 0. The first-order valence-electron chi connectivity index (χ1n) is 7.72. The van der Waals surface area contributed by atoms with Crippen molar-refractivity contribution >= 4 is 11.0 Å². The molecule has 3 atom stereocenters. The Labute approximate surface area is 119 Å². The Morgan fingerprint density at radius 2 is 2.25 bits per heavy atom. The minimum atomic E-state index is 0.736. The van der Waals surface area contributed by atoms with E-state index in [1.165, 1.54) is 36.6 Å². The molecule has 0 aromatic carbocycles. The van der Waals surface area contributed by atoms with Gasteiger partial charge in [-0.1, -0.05) is 6.42 Å². The second-order valence-corrected chi connectivity index (χ2v) is 6.59. The molecular weight excluding hydrogens is 248 g/mol. The van der Waals surface area contributed by atoms with Gasteiger partial charge in [-0.3, -0.25) is 4.68 Å². The maximum atomic E-state index is 4.56. The Bertz CT molecular complexity index is 645. The molecule has 106 valence electrons. The number of rotatable bonds is 3. The average Bonchev–Trinajstić information content (AvgIpc) is 3.13. The minimum absolute atomic E-state index is 0.736. The lowest BCUT2D eigenvalue weighted by Gasteiger charge is -2.22. The topological polar surface area (TPSA) is 42.7 Å². The van der Waals surface area contributed by atoms with Gasteiger partial charge in [0.25, 0.3) is 0 Å². The van der Waals surface area contributed by atoms with E-state index in [1.807, 2.05) is 17.9 Å². The fourth-order valence-electron chi connectivity index (χ4n) is 4.19. The predicted octanol–water partition coefficient (Wildman–Crippen LogP) is 2.55. The first-order valence-corrected chi connectivity index (χ1v) is 7.72. The van der Waals surface area contributed by atoms with Gasteiger partial charge in [0, 0.05) is 31.2 Å². The number of pyridine rings is 1. The van der Waals surface area contributed by atoms with Gasteiger partial charge in [-0.2, -0.15) is 5.10 Å². The van der Waals surface area contributed by atoms with E-state index in [4.69, 9.17) is 0 Å². The normalized spacial score (nSPS) is 28.6. The summed E-state index contributed by atoms with van der Waals surface area (Å²) in [5.74, 6) is 1.93. The lowest BCUT2D eigenvalue weighted by molar-refractivity contribution is 0.350. The number of nitrogens with zero attached hydrogens (tertiary/aromatic N) is 3. The number of nitrogens with one attached hydrogen (secondary N) is 1. The van der Waals surface area contributed by atoms with E-state index in [0.717, 1.165) is 35.8 Å². The van der Waals surface area contributed by atoms with Crippen molar-refractivity contribution in [2.75, 3.05) is 0 Å². The zero-order valence-electron chi connectivity index (χ0n) is 12.3. The van der Waals surface area contributed by atoms with Crippen molar-refractivity contribution in [3.8, 4) is 0 Å². The van der Waals surface area contributed by atoms with Gasteiger partial charge >= 0.3 is 0 Å². The summed E-state index contributed by atoms with van der Waals surface area (Å²) in [5.41, 5.74) is 3.32. The number of fused-ring (bicyclic) bond motifs is 3. The second-order valence-electron chi connectivity index (χ2n) is 6.59. The molecule has 2 fully saturated rings. The van der Waals surface area contributed by atoms with Crippen LogP contribution in [0.2, 0.25) is 0 Å². The molecule has 0 saturated heterocycles. The summed E-state index contributed by atoms with van der Waals surface area (Å²) < 4.78 is 1.86. The first-order chi connectivity index (χ1) is 9.70. The highest BCUT2D eigenvalue weighted by Crippen LogP contribution is 2.44. The summed E-state index contributed by atoms with van der Waals surface area (Å²) in [6.07, 6.45) is 7.72. The van der Waals surface area contributed by atoms with Crippen LogP contribution < -0.4 is 5.32 Å². The van der Waals surface area contributed by atoms with Crippen LogP contribution in [0.25, 0.3) is 11.0 Å². The molecule has 2 heterocycles. The third-order valence-corrected chi connectivity index (χ3v) is 5.23. The zero-order chi connectivity index (χ0) is 13.7. The molecule has 2 aromatic rings. The molecule has 1 N–H and O–H groups in total. The quantitative estimate of drug-likeness (QED) is 0.932. The molecule has 0 spiro atoms. The van der Waals surface area contributed by atoms with Crippen molar-refractivity contribution in [2.24, 2.45) is 18.9 Å². The van der Waals surface area contributed by atoms with Crippen molar-refractivity contribution in [1.82, 2.24) is 20.1 Å². The maximum Gasteiger partial charge on any atom is 0.157 e. The lowest BCUT2D eigenvalue weighted by Crippen LogP contribution is -2.33. The molecule has 2 saturated carbocycles. The van der Waals surface area contributed by atoms with Crippen molar-refractivity contribution in [2.45, 2.75) is 45.2 Å². The van der Waals surface area contributed by atoms with Crippen molar-refractivity contribution in [1.29, 1.82) is 0 Å². The summed E-state index contributed by atoms with van der Waals surface area (Å²) in [6.45, 7) is 2.99. The maximum absolute atomic E-state index is 4.56. The molecule has 2 aromatic heterocycles. The van der Waals surface area contributed by atoms with Gasteiger partial charge in [0.05, 0.1) is 5.69 Å². The molecule has 0 amide bonds. The Morgan fingerprint density at radius 1 is 1.35 bits per heavy atom. The molecular formula is C16H22N4. The van der Waals surface area contributed by atoms with Gasteiger partial charge in [0.15, 0.2) is 5.65 Å². The number of hydrogen-bond donors (Lipinski definition) is 1. The molecule has 4 heteroatoms. The summed E-state index contributed by atoms with van der Waals surface area (Å²) in [7, 11) is 1.95. The molecule has 2 aliphatic rings. The largest absolute Gasteiger partial charge is 0.310 e. The van der Waals surface area contributed by atoms with Crippen molar-refractivity contribution < 1.29 is 0 Å². The Kier molecular flexibility index (Phi) is 2.81. The second kappa shape index (κ2) is 4.55. The van der Waals surface area contributed by atoms with E-state index in [0.29, 0.717) is 0 Å². The Morgan fingerprint density at radius 3 is 3.00 bits per heavy atom. The monoisotopic (exact) mass is 270 g/mol. The van der Waals surface area contributed by atoms with Crippen LogP contribution >= 0.6 is 0 Å². The van der Waals surface area contributed by atoms with Crippen LogP contribution in [0.1, 0.15) is 36.9 Å². The van der Waals surface area contributed by atoms with Gasteiger partial charge in [-0.25, -0.2) is 4.98 Å². The molecule has 0 radical (unpaired) electrons. The van der Waals surface area contributed by atoms with E-state index >= 15 is 0 Å². The summed E-state index contributed by atoms with van der Waals surface area (Å²) in [6, 6.07) is 2.98. The molecule has 2 bridgehead atoms. The number of hydrogen-bond acceptors (Lipinski definition) is 3. The van der Waals surface area contributed by atoms with E-state index in [1.54, 1.807) is 0 Å². The minimum Gasteiger partial charge on any atom is -0.310 e. The third kappa shape index (κ3) is 1.94. The van der Waals surface area contributed by atoms with Crippen molar-refractivity contribution in [3.63, 3.8) is 0 Å². The van der Waals surface area contributed by atoms with Gasteiger partial charge in [-0.05, 0) is 49.7 Å². The van der Waals surface area contributed by atoms with E-state index in [2.05, 4.69) is 28.4 Å². The van der Waals surface area contributed by atoms with Gasteiger partial charge in [0.2, 0.25) is 0 Å². The highest BCUT2D eigenvalue weighted by atomic mass is 15.3. The smallest absolute Gasteiger partial charge is 0.157 e. The summed E-state index contributed by atoms with van der Waals surface area (Å²) in [4.78, 5) is 4.56. The van der Waals surface area contributed by atoms with Crippen molar-refractivity contribution in [3.05, 3.63) is 23.5 Å².